The van der Waals surface area contributed by atoms with Crippen LogP contribution in [-0.4, -0.2) is 61.6 Å². The summed E-state index contributed by atoms with van der Waals surface area (Å²) in [5, 5.41) is 10.0. The number of H-pyrrole nitrogens is 1. The number of carbonyl (C=O) groups excluding carboxylic acids is 1. The molecule has 4 heterocycles. The van der Waals surface area contributed by atoms with Crippen LogP contribution in [0.15, 0.2) is 18.2 Å². The smallest absolute Gasteiger partial charge is 0.270 e. The summed E-state index contributed by atoms with van der Waals surface area (Å²) >= 11 is 0. The van der Waals surface area contributed by atoms with Gasteiger partial charge >= 0.3 is 0 Å². The summed E-state index contributed by atoms with van der Waals surface area (Å²) in [4.78, 5) is 20.8. The van der Waals surface area contributed by atoms with Gasteiger partial charge in [0.1, 0.15) is 17.3 Å². The molecule has 0 spiro atoms. The van der Waals surface area contributed by atoms with Crippen LogP contribution < -0.4 is 0 Å². The van der Waals surface area contributed by atoms with Crippen molar-refractivity contribution < 1.29 is 4.79 Å². The Balaban J connectivity index is 1.23. The van der Waals surface area contributed by atoms with Crippen LogP contribution in [0.2, 0.25) is 0 Å². The van der Waals surface area contributed by atoms with Crippen molar-refractivity contribution in [1.82, 2.24) is 29.5 Å². The van der Waals surface area contributed by atoms with Gasteiger partial charge in [0.15, 0.2) is 0 Å². The Kier molecular flexibility index (Phi) is 5.06. The van der Waals surface area contributed by atoms with Crippen molar-refractivity contribution in [2.45, 2.75) is 52.6 Å². The van der Waals surface area contributed by atoms with Gasteiger partial charge in [-0.3, -0.25) is 9.69 Å². The van der Waals surface area contributed by atoms with Crippen LogP contribution in [0.1, 0.15) is 52.5 Å². The highest BCUT2D eigenvalue weighted by Crippen LogP contribution is 2.23. The summed E-state index contributed by atoms with van der Waals surface area (Å²) in [7, 11) is 0. The molecule has 1 N–H and O–H groups in total. The molecule has 0 atom stereocenters. The zero-order chi connectivity index (χ0) is 20.7. The molecule has 7 nitrogen and oxygen atoms in total. The molecule has 5 rings (SSSR count). The van der Waals surface area contributed by atoms with E-state index in [9.17, 15) is 4.79 Å². The predicted molar refractivity (Wildman–Crippen MR) is 117 cm³/mol. The number of aromatic amines is 1. The van der Waals surface area contributed by atoms with E-state index in [4.69, 9.17) is 0 Å². The molecule has 0 aliphatic carbocycles. The van der Waals surface area contributed by atoms with Crippen LogP contribution >= 0.6 is 0 Å². The normalized spacial score (nSPS) is 17.9. The number of piperazine rings is 1. The largest absolute Gasteiger partial charge is 0.351 e. The quantitative estimate of drug-likeness (QED) is 0.726. The molecule has 158 valence electrons. The molecule has 1 fully saturated rings. The molecule has 2 aliphatic rings. The topological polar surface area (TPSA) is 70.1 Å². The van der Waals surface area contributed by atoms with E-state index in [1.165, 1.54) is 30.4 Å². The first-order valence-corrected chi connectivity index (χ1v) is 11.1. The molecular weight excluding hydrogens is 376 g/mol. The molecular formula is C23H30N6O. The fourth-order valence-electron chi connectivity index (χ4n) is 4.86. The predicted octanol–water partition coefficient (Wildman–Crippen LogP) is 3.06. The summed E-state index contributed by atoms with van der Waals surface area (Å²) in [5.41, 5.74) is 4.15. The minimum absolute atomic E-state index is 0.0965. The first-order valence-electron chi connectivity index (χ1n) is 11.1. The van der Waals surface area contributed by atoms with Crippen LogP contribution in [0.4, 0.5) is 0 Å². The van der Waals surface area contributed by atoms with Gasteiger partial charge in [-0.1, -0.05) is 12.5 Å². The van der Waals surface area contributed by atoms with Crippen molar-refractivity contribution in [3.8, 4) is 0 Å². The van der Waals surface area contributed by atoms with E-state index in [2.05, 4.69) is 50.6 Å². The molecule has 1 saturated heterocycles. The highest BCUT2D eigenvalue weighted by Gasteiger charge is 2.25. The van der Waals surface area contributed by atoms with E-state index in [0.29, 0.717) is 5.69 Å². The average Bonchev–Trinajstić information content (AvgIpc) is 3.25. The lowest BCUT2D eigenvalue weighted by atomic mass is 10.1. The zero-order valence-electron chi connectivity index (χ0n) is 17.9. The van der Waals surface area contributed by atoms with Crippen molar-refractivity contribution >= 4 is 16.8 Å². The minimum atomic E-state index is 0.0965. The number of nitrogens with one attached hydrogen (secondary N) is 1. The Labute approximate surface area is 177 Å². The van der Waals surface area contributed by atoms with Crippen LogP contribution in [0.3, 0.4) is 0 Å². The third-order valence-corrected chi connectivity index (χ3v) is 6.53. The number of rotatable bonds is 3. The lowest BCUT2D eigenvalue weighted by molar-refractivity contribution is 0.0619. The Morgan fingerprint density at radius 2 is 1.83 bits per heavy atom. The van der Waals surface area contributed by atoms with Crippen molar-refractivity contribution in [2.24, 2.45) is 0 Å². The highest BCUT2D eigenvalue weighted by atomic mass is 16.2. The van der Waals surface area contributed by atoms with Gasteiger partial charge < -0.3 is 14.5 Å². The standard InChI is InChI=1S/C23H30N6O/c1-16-12-17(2)18-14-20(24-19(18)13-16)23(30)28-10-8-27(9-11-28)15-22-26-25-21-6-4-3-5-7-29(21)22/h12-14,24H,3-11,15H2,1-2H3. The number of amides is 1. The number of hydrogen-bond donors (Lipinski definition) is 1. The number of benzene rings is 1. The second kappa shape index (κ2) is 7.87. The van der Waals surface area contributed by atoms with Gasteiger partial charge in [-0.15, -0.1) is 10.2 Å². The van der Waals surface area contributed by atoms with E-state index in [0.717, 1.165) is 68.2 Å². The summed E-state index contributed by atoms with van der Waals surface area (Å²) in [6.45, 7) is 9.26. The van der Waals surface area contributed by atoms with E-state index in [1.54, 1.807) is 0 Å². The number of aromatic nitrogens is 4. The monoisotopic (exact) mass is 406 g/mol. The molecule has 0 unspecified atom stereocenters. The van der Waals surface area contributed by atoms with Gasteiger partial charge in [0.2, 0.25) is 0 Å². The van der Waals surface area contributed by atoms with Gasteiger partial charge in [0.05, 0.1) is 6.54 Å². The number of aryl methyl sites for hydroxylation is 3. The van der Waals surface area contributed by atoms with Crippen LogP contribution in [0.5, 0.6) is 0 Å². The van der Waals surface area contributed by atoms with Gasteiger partial charge in [-0.05, 0) is 49.9 Å². The van der Waals surface area contributed by atoms with E-state index in [-0.39, 0.29) is 5.91 Å². The molecule has 2 aliphatic heterocycles. The van der Waals surface area contributed by atoms with Crippen molar-refractivity contribution in [2.75, 3.05) is 26.2 Å². The Hall–Kier alpha value is -2.67. The Morgan fingerprint density at radius 3 is 2.67 bits per heavy atom. The van der Waals surface area contributed by atoms with Crippen LogP contribution in [0, 0.1) is 13.8 Å². The lowest BCUT2D eigenvalue weighted by Gasteiger charge is -2.34. The minimum Gasteiger partial charge on any atom is -0.351 e. The third-order valence-electron chi connectivity index (χ3n) is 6.53. The lowest BCUT2D eigenvalue weighted by Crippen LogP contribution is -2.48. The van der Waals surface area contributed by atoms with Gasteiger partial charge in [-0.25, -0.2) is 0 Å². The maximum absolute atomic E-state index is 13.1. The number of fused-ring (bicyclic) bond motifs is 2. The second-order valence-electron chi connectivity index (χ2n) is 8.79. The van der Waals surface area contributed by atoms with Crippen molar-refractivity contribution in [1.29, 1.82) is 0 Å². The van der Waals surface area contributed by atoms with E-state index in [1.807, 2.05) is 11.0 Å². The highest BCUT2D eigenvalue weighted by molar-refractivity contribution is 5.99. The van der Waals surface area contributed by atoms with Crippen LogP contribution in [-0.2, 0) is 19.5 Å². The molecule has 0 bridgehead atoms. The number of nitrogens with zero attached hydrogens (tertiary/aromatic N) is 5. The van der Waals surface area contributed by atoms with Crippen LogP contribution in [0.25, 0.3) is 10.9 Å². The molecule has 2 aromatic heterocycles. The summed E-state index contributed by atoms with van der Waals surface area (Å²) in [6, 6.07) is 6.27. The summed E-state index contributed by atoms with van der Waals surface area (Å²) < 4.78 is 2.32. The maximum Gasteiger partial charge on any atom is 0.270 e. The number of hydrogen-bond acceptors (Lipinski definition) is 4. The van der Waals surface area contributed by atoms with Gasteiger partial charge in [0.25, 0.3) is 5.91 Å². The van der Waals surface area contributed by atoms with Gasteiger partial charge in [-0.2, -0.15) is 0 Å². The summed E-state index contributed by atoms with van der Waals surface area (Å²) in [5.74, 6) is 2.31. The van der Waals surface area contributed by atoms with Crippen molar-refractivity contribution in [3.63, 3.8) is 0 Å². The molecule has 0 radical (unpaired) electrons. The van der Waals surface area contributed by atoms with Crippen molar-refractivity contribution in [3.05, 3.63) is 46.7 Å². The third kappa shape index (κ3) is 3.62. The Morgan fingerprint density at radius 1 is 1.00 bits per heavy atom. The molecule has 1 aromatic carbocycles. The van der Waals surface area contributed by atoms with E-state index < -0.39 is 0 Å². The molecule has 7 heteroatoms. The molecule has 3 aromatic rings. The SMILES string of the molecule is Cc1cc(C)c2cc(C(=O)N3CCN(Cc4nnc5n4CCCCC5)CC3)[nH]c2c1. The summed E-state index contributed by atoms with van der Waals surface area (Å²) in [6.07, 6.45) is 4.74. The fourth-order valence-corrected chi connectivity index (χ4v) is 4.86. The second-order valence-corrected chi connectivity index (χ2v) is 8.79. The maximum atomic E-state index is 13.1. The molecule has 1 amide bonds. The number of carbonyl (C=O) groups is 1. The average molecular weight is 407 g/mol. The fraction of sp³-hybridized carbons (Fsp3) is 0.522. The first kappa shape index (κ1) is 19.3. The molecule has 0 saturated carbocycles. The van der Waals surface area contributed by atoms with Gasteiger partial charge in [0, 0.05) is 50.0 Å². The first-order chi connectivity index (χ1) is 14.6. The Bertz CT molecular complexity index is 1070. The molecule has 30 heavy (non-hydrogen) atoms. The van der Waals surface area contributed by atoms with E-state index >= 15 is 0 Å². The zero-order valence-corrected chi connectivity index (χ0v) is 17.9.